The fourth-order valence-corrected chi connectivity index (χ4v) is 1.29. The molecule has 0 atom stereocenters. The summed E-state index contributed by atoms with van der Waals surface area (Å²) in [5.74, 6) is -0.853. The van der Waals surface area contributed by atoms with E-state index in [0.717, 1.165) is 0 Å². The number of benzene rings is 1. The Labute approximate surface area is 126 Å². The van der Waals surface area contributed by atoms with Crippen LogP contribution in [0.15, 0.2) is 24.3 Å². The van der Waals surface area contributed by atoms with E-state index in [1.54, 1.807) is 12.1 Å². The highest BCUT2D eigenvalue weighted by Gasteiger charge is 2.10. The van der Waals surface area contributed by atoms with Crippen molar-refractivity contribution in [3.8, 4) is 5.75 Å². The standard InChI is InChI=1S/C12H15F2N3O3.ClH/c13-10(14)7-20-9-4-2-1-3-8(9)17-12(19)6-16-11(18)5-15;/h1-4,10H,5-7,15H2,(H,16,18)(H,17,19);1H. The van der Waals surface area contributed by atoms with E-state index in [-0.39, 0.29) is 36.9 Å². The number of ether oxygens (including phenoxy) is 1. The second kappa shape index (κ2) is 9.89. The van der Waals surface area contributed by atoms with Gasteiger partial charge in [0.25, 0.3) is 6.43 Å². The molecular formula is C12H16ClF2N3O3. The van der Waals surface area contributed by atoms with Gasteiger partial charge in [-0.2, -0.15) is 0 Å². The first kappa shape index (κ1) is 19.1. The minimum atomic E-state index is -2.61. The maximum atomic E-state index is 12.1. The Bertz CT molecular complexity index is 475. The molecule has 0 aromatic heterocycles. The fourth-order valence-electron chi connectivity index (χ4n) is 1.29. The lowest BCUT2D eigenvalue weighted by atomic mass is 10.3. The summed E-state index contributed by atoms with van der Waals surface area (Å²) in [6, 6.07) is 6.16. The third-order valence-electron chi connectivity index (χ3n) is 2.16. The monoisotopic (exact) mass is 323 g/mol. The highest BCUT2D eigenvalue weighted by molar-refractivity contribution is 5.95. The Kier molecular flexibility index (Phi) is 8.98. The number of nitrogens with two attached hydrogens (primary N) is 1. The van der Waals surface area contributed by atoms with Gasteiger partial charge in [0.15, 0.2) is 0 Å². The smallest absolute Gasteiger partial charge is 0.272 e. The molecule has 0 fully saturated rings. The predicted molar refractivity (Wildman–Crippen MR) is 75.9 cm³/mol. The molecule has 0 unspecified atom stereocenters. The van der Waals surface area contributed by atoms with Crippen LogP contribution in [0.25, 0.3) is 0 Å². The normalized spacial score (nSPS) is 9.71. The molecular weight excluding hydrogens is 308 g/mol. The summed E-state index contributed by atoms with van der Waals surface area (Å²) in [5.41, 5.74) is 5.32. The van der Waals surface area contributed by atoms with Crippen LogP contribution in [0, 0.1) is 0 Å². The van der Waals surface area contributed by atoms with Crippen molar-refractivity contribution in [3.05, 3.63) is 24.3 Å². The van der Waals surface area contributed by atoms with Crippen molar-refractivity contribution in [3.63, 3.8) is 0 Å². The van der Waals surface area contributed by atoms with Gasteiger partial charge in [0.05, 0.1) is 18.8 Å². The molecule has 1 rings (SSSR count). The van der Waals surface area contributed by atoms with Crippen LogP contribution in [0.2, 0.25) is 0 Å². The van der Waals surface area contributed by atoms with Crippen molar-refractivity contribution in [2.75, 3.05) is 25.0 Å². The van der Waals surface area contributed by atoms with Gasteiger partial charge in [0.1, 0.15) is 12.4 Å². The van der Waals surface area contributed by atoms with Crippen molar-refractivity contribution in [2.45, 2.75) is 6.43 Å². The van der Waals surface area contributed by atoms with Crippen LogP contribution < -0.4 is 21.1 Å². The Morgan fingerprint density at radius 1 is 1.24 bits per heavy atom. The zero-order chi connectivity index (χ0) is 15.0. The molecule has 0 spiro atoms. The van der Waals surface area contributed by atoms with Gasteiger partial charge in [-0.1, -0.05) is 12.1 Å². The molecule has 0 radical (unpaired) electrons. The topological polar surface area (TPSA) is 93.5 Å². The van der Waals surface area contributed by atoms with E-state index in [4.69, 9.17) is 10.5 Å². The molecule has 0 aliphatic heterocycles. The van der Waals surface area contributed by atoms with Crippen LogP contribution in [-0.2, 0) is 9.59 Å². The highest BCUT2D eigenvalue weighted by atomic mass is 35.5. The lowest BCUT2D eigenvalue weighted by molar-refractivity contribution is -0.123. The van der Waals surface area contributed by atoms with Crippen molar-refractivity contribution in [1.29, 1.82) is 0 Å². The van der Waals surface area contributed by atoms with Gasteiger partial charge in [-0.05, 0) is 12.1 Å². The number of carbonyl (C=O) groups excluding carboxylic acids is 2. The predicted octanol–water partition coefficient (Wildman–Crippen LogP) is 0.766. The molecule has 0 saturated heterocycles. The second-order valence-electron chi connectivity index (χ2n) is 3.73. The van der Waals surface area contributed by atoms with E-state index >= 15 is 0 Å². The van der Waals surface area contributed by atoms with Gasteiger partial charge in [0, 0.05) is 0 Å². The number of para-hydroxylation sites is 2. The van der Waals surface area contributed by atoms with Gasteiger partial charge < -0.3 is 21.1 Å². The number of rotatable bonds is 7. The maximum Gasteiger partial charge on any atom is 0.272 e. The molecule has 4 N–H and O–H groups in total. The van der Waals surface area contributed by atoms with Crippen molar-refractivity contribution >= 4 is 29.9 Å². The molecule has 0 saturated carbocycles. The van der Waals surface area contributed by atoms with E-state index in [9.17, 15) is 18.4 Å². The van der Waals surface area contributed by atoms with Gasteiger partial charge in [-0.3, -0.25) is 9.59 Å². The number of hydrogen-bond acceptors (Lipinski definition) is 4. The SMILES string of the molecule is Cl.NCC(=O)NCC(=O)Nc1ccccc1OCC(F)F. The Morgan fingerprint density at radius 3 is 2.52 bits per heavy atom. The van der Waals surface area contributed by atoms with E-state index in [1.807, 2.05) is 0 Å². The third-order valence-corrected chi connectivity index (χ3v) is 2.16. The molecule has 0 aliphatic rings. The second-order valence-corrected chi connectivity index (χ2v) is 3.73. The van der Waals surface area contributed by atoms with Gasteiger partial charge >= 0.3 is 0 Å². The summed E-state index contributed by atoms with van der Waals surface area (Å²) < 4.78 is 29.1. The largest absolute Gasteiger partial charge is 0.485 e. The first-order valence-corrected chi connectivity index (χ1v) is 5.79. The van der Waals surface area contributed by atoms with Crippen molar-refractivity contribution in [2.24, 2.45) is 5.73 Å². The molecule has 9 heteroatoms. The van der Waals surface area contributed by atoms with Crippen molar-refractivity contribution in [1.82, 2.24) is 5.32 Å². The molecule has 21 heavy (non-hydrogen) atoms. The molecule has 1 aromatic carbocycles. The van der Waals surface area contributed by atoms with Crippen LogP contribution in [-0.4, -0.2) is 37.9 Å². The number of halogens is 3. The summed E-state index contributed by atoms with van der Waals surface area (Å²) in [5, 5.41) is 4.73. The van der Waals surface area contributed by atoms with Crippen LogP contribution in [0.5, 0.6) is 5.75 Å². The Balaban J connectivity index is 0.00000400. The molecule has 2 amide bonds. The quantitative estimate of drug-likeness (QED) is 0.691. The molecule has 1 aromatic rings. The zero-order valence-electron chi connectivity index (χ0n) is 11.0. The van der Waals surface area contributed by atoms with Gasteiger partial charge in [-0.25, -0.2) is 8.78 Å². The fraction of sp³-hybridized carbons (Fsp3) is 0.333. The summed E-state index contributed by atoms with van der Waals surface area (Å²) >= 11 is 0. The molecule has 0 aliphatic carbocycles. The molecule has 0 heterocycles. The van der Waals surface area contributed by atoms with Gasteiger partial charge in [0.2, 0.25) is 11.8 Å². The number of hydrogen-bond donors (Lipinski definition) is 3. The first-order valence-electron chi connectivity index (χ1n) is 5.79. The number of alkyl halides is 2. The lowest BCUT2D eigenvalue weighted by Crippen LogP contribution is -2.36. The molecule has 0 bridgehead atoms. The maximum absolute atomic E-state index is 12.1. The Morgan fingerprint density at radius 2 is 1.90 bits per heavy atom. The zero-order valence-corrected chi connectivity index (χ0v) is 11.8. The van der Waals surface area contributed by atoms with Crippen LogP contribution >= 0.6 is 12.4 Å². The van der Waals surface area contributed by atoms with Crippen LogP contribution in [0.4, 0.5) is 14.5 Å². The number of anilines is 1. The van der Waals surface area contributed by atoms with Crippen LogP contribution in [0.3, 0.4) is 0 Å². The summed E-state index contributed by atoms with van der Waals surface area (Å²) in [7, 11) is 0. The highest BCUT2D eigenvalue weighted by Crippen LogP contribution is 2.23. The first-order chi connectivity index (χ1) is 9.52. The van der Waals surface area contributed by atoms with Crippen molar-refractivity contribution < 1.29 is 23.1 Å². The number of amides is 2. The summed E-state index contributed by atoms with van der Waals surface area (Å²) in [6.45, 7) is -1.25. The van der Waals surface area contributed by atoms with E-state index in [2.05, 4.69) is 10.6 Å². The number of nitrogens with one attached hydrogen (secondary N) is 2. The van der Waals surface area contributed by atoms with E-state index in [0.29, 0.717) is 0 Å². The van der Waals surface area contributed by atoms with Crippen LogP contribution in [0.1, 0.15) is 0 Å². The third kappa shape index (κ3) is 7.42. The minimum absolute atomic E-state index is 0. The summed E-state index contributed by atoms with van der Waals surface area (Å²) in [6.07, 6.45) is -2.61. The Hall–Kier alpha value is -1.93. The lowest BCUT2D eigenvalue weighted by Gasteiger charge is -2.12. The number of carbonyl (C=O) groups is 2. The average Bonchev–Trinajstić information content (AvgIpc) is 2.43. The van der Waals surface area contributed by atoms with E-state index < -0.39 is 24.8 Å². The average molecular weight is 324 g/mol. The summed E-state index contributed by atoms with van der Waals surface area (Å²) in [4.78, 5) is 22.4. The minimum Gasteiger partial charge on any atom is -0.485 e. The van der Waals surface area contributed by atoms with E-state index in [1.165, 1.54) is 12.1 Å². The molecule has 118 valence electrons. The molecule has 6 nitrogen and oxygen atoms in total. The van der Waals surface area contributed by atoms with Gasteiger partial charge in [-0.15, -0.1) is 12.4 Å².